The van der Waals surface area contributed by atoms with Gasteiger partial charge in [0.05, 0.1) is 14.1 Å². The highest BCUT2D eigenvalue weighted by molar-refractivity contribution is 5.87. The van der Waals surface area contributed by atoms with Crippen molar-refractivity contribution < 1.29 is 35.7 Å². The molecule has 2 aromatic rings. The number of benzene rings is 2. The third kappa shape index (κ3) is 3.15. The molecule has 5 atom stereocenters. The van der Waals surface area contributed by atoms with Crippen molar-refractivity contribution in [2.45, 2.75) is 55.6 Å². The van der Waals surface area contributed by atoms with Crippen LogP contribution in [0.4, 0.5) is 0 Å². The van der Waals surface area contributed by atoms with Gasteiger partial charge in [0.2, 0.25) is 0 Å². The molecule has 3 aliphatic rings. The lowest BCUT2D eigenvalue weighted by Gasteiger charge is -2.45. The van der Waals surface area contributed by atoms with Crippen LogP contribution in [-0.4, -0.2) is 54.9 Å². The zero-order valence-electron chi connectivity index (χ0n) is 17.1. The summed E-state index contributed by atoms with van der Waals surface area (Å²) in [5.74, 6) is -0.156. The van der Waals surface area contributed by atoms with Crippen molar-refractivity contribution in [3.05, 3.63) is 71.8 Å². The molecule has 3 fully saturated rings. The van der Waals surface area contributed by atoms with Crippen LogP contribution >= 0.6 is 0 Å². The molecule has 0 radical (unpaired) electrons. The Hall–Kier alpha value is -1.69. The van der Waals surface area contributed by atoms with Crippen LogP contribution in [0, 0.1) is 0 Å². The van der Waals surface area contributed by atoms with E-state index in [1.807, 2.05) is 67.6 Å². The minimum absolute atomic E-state index is 0. The number of ether oxygens (including phenoxy) is 2. The quantitative estimate of drug-likeness (QED) is 0.376. The predicted octanol–water partition coefficient (Wildman–Crippen LogP) is 0.297. The molecule has 5 heteroatoms. The van der Waals surface area contributed by atoms with Gasteiger partial charge in [-0.2, -0.15) is 0 Å². The van der Waals surface area contributed by atoms with E-state index >= 15 is 0 Å². The highest BCUT2D eigenvalue weighted by Crippen LogP contribution is 2.52. The molecule has 0 spiro atoms. The fraction of sp³-hybridized carbons (Fsp3) is 0.458. The summed E-state index contributed by atoms with van der Waals surface area (Å²) < 4.78 is 13.1. The van der Waals surface area contributed by atoms with Crippen molar-refractivity contribution in [3.63, 3.8) is 0 Å². The Bertz CT molecular complexity index is 826. The number of epoxide rings is 1. The number of hydrogen-bond donors (Lipinski definition) is 0. The molecule has 2 bridgehead atoms. The van der Waals surface area contributed by atoms with Gasteiger partial charge in [0.15, 0.2) is 0 Å². The van der Waals surface area contributed by atoms with E-state index in [1.165, 1.54) is 0 Å². The lowest BCUT2D eigenvalue weighted by Crippen LogP contribution is -3.00. The lowest BCUT2D eigenvalue weighted by molar-refractivity contribution is -0.938. The molecule has 4 nitrogen and oxygen atoms in total. The van der Waals surface area contributed by atoms with Crippen LogP contribution in [0.2, 0.25) is 0 Å². The number of morpholine rings is 1. The minimum Gasteiger partial charge on any atom is -1.00 e. The topological polar surface area (TPSA) is 38.8 Å². The third-order valence-electron chi connectivity index (χ3n) is 7.42. The molecule has 0 amide bonds. The summed E-state index contributed by atoms with van der Waals surface area (Å²) in [6.07, 6.45) is 2.46. The fourth-order valence-corrected chi connectivity index (χ4v) is 5.52. The van der Waals surface area contributed by atoms with Crippen molar-refractivity contribution in [1.82, 2.24) is 0 Å². The number of halogens is 1. The third-order valence-corrected chi connectivity index (χ3v) is 7.42. The number of carbonyl (C=O) groups excluding carboxylic acids is 1. The van der Waals surface area contributed by atoms with Gasteiger partial charge in [0.25, 0.3) is 0 Å². The Balaban J connectivity index is 0.00000205. The summed E-state index contributed by atoms with van der Waals surface area (Å²) in [7, 11) is 4.59. The van der Waals surface area contributed by atoms with Gasteiger partial charge in [0.1, 0.15) is 35.8 Å². The van der Waals surface area contributed by atoms with Crippen LogP contribution < -0.4 is 17.0 Å². The molecular weight excluding hydrogens is 430 g/mol. The summed E-state index contributed by atoms with van der Waals surface area (Å²) in [5.41, 5.74) is 1.11. The molecule has 3 heterocycles. The maximum absolute atomic E-state index is 13.6. The van der Waals surface area contributed by atoms with E-state index in [2.05, 4.69) is 14.1 Å². The van der Waals surface area contributed by atoms with E-state index in [9.17, 15) is 4.79 Å². The molecule has 0 saturated carbocycles. The summed E-state index contributed by atoms with van der Waals surface area (Å²) in [5, 5.41) is 0. The van der Waals surface area contributed by atoms with Gasteiger partial charge in [-0.15, -0.1) is 0 Å². The van der Waals surface area contributed by atoms with E-state index in [-0.39, 0.29) is 29.1 Å². The number of esters is 1. The Labute approximate surface area is 183 Å². The molecule has 3 aliphatic heterocycles. The Morgan fingerprint density at radius 3 is 1.83 bits per heavy atom. The number of piperidine rings is 1. The zero-order valence-corrected chi connectivity index (χ0v) is 18.7. The first kappa shape index (κ1) is 20.6. The summed E-state index contributed by atoms with van der Waals surface area (Å²) in [6.45, 7) is 1.98. The first-order valence-corrected chi connectivity index (χ1v) is 10.2. The number of carbonyl (C=O) groups is 1. The van der Waals surface area contributed by atoms with Gasteiger partial charge in [-0.3, -0.25) is 4.79 Å². The van der Waals surface area contributed by atoms with Gasteiger partial charge in [-0.25, -0.2) is 0 Å². The van der Waals surface area contributed by atoms with Crippen molar-refractivity contribution >= 4 is 5.97 Å². The number of quaternary nitrogens is 1. The molecule has 154 valence electrons. The molecule has 0 N–H and O–H groups in total. The fourth-order valence-electron chi connectivity index (χ4n) is 5.52. The highest BCUT2D eigenvalue weighted by Gasteiger charge is 2.70. The first-order valence-electron chi connectivity index (χ1n) is 10.2. The van der Waals surface area contributed by atoms with Crippen LogP contribution in [-0.2, 0) is 19.7 Å². The number of nitrogens with zero attached hydrogens (tertiary/aromatic N) is 1. The maximum Gasteiger partial charge on any atom is 0.321 e. The molecule has 5 rings (SSSR count). The molecule has 0 aliphatic carbocycles. The van der Waals surface area contributed by atoms with E-state index in [4.69, 9.17) is 9.47 Å². The van der Waals surface area contributed by atoms with E-state index in [1.54, 1.807) is 0 Å². The smallest absolute Gasteiger partial charge is 0.321 e. The molecular formula is C24H28BrNO3. The molecule has 29 heavy (non-hydrogen) atoms. The zero-order chi connectivity index (χ0) is 19.5. The first-order chi connectivity index (χ1) is 13.4. The van der Waals surface area contributed by atoms with Crippen LogP contribution in [0.1, 0.15) is 30.9 Å². The average molecular weight is 458 g/mol. The second kappa shape index (κ2) is 7.22. The molecule has 1 unspecified atom stereocenters. The van der Waals surface area contributed by atoms with E-state index in [0.717, 1.165) is 28.5 Å². The lowest BCUT2D eigenvalue weighted by atomic mass is 9.76. The van der Waals surface area contributed by atoms with Crippen molar-refractivity contribution in [3.8, 4) is 0 Å². The number of fused-ring (bicyclic) bond motifs is 5. The average Bonchev–Trinajstić information content (AvgIpc) is 3.47. The second-order valence-electron chi connectivity index (χ2n) is 9.18. The minimum atomic E-state index is -0.817. The maximum atomic E-state index is 13.6. The number of rotatable bonds is 4. The van der Waals surface area contributed by atoms with Gasteiger partial charge in [-0.1, -0.05) is 60.7 Å². The van der Waals surface area contributed by atoms with Gasteiger partial charge >= 0.3 is 5.97 Å². The predicted molar refractivity (Wildman–Crippen MR) is 107 cm³/mol. The summed E-state index contributed by atoms with van der Waals surface area (Å²) >= 11 is 0. The summed E-state index contributed by atoms with van der Waals surface area (Å²) in [6, 6.07) is 20.8. The van der Waals surface area contributed by atoms with Crippen LogP contribution in [0.3, 0.4) is 0 Å². The van der Waals surface area contributed by atoms with Gasteiger partial charge in [0, 0.05) is 12.8 Å². The normalized spacial score (nSPS) is 31.3. The Kier molecular flexibility index (Phi) is 5.12. The van der Waals surface area contributed by atoms with Crippen molar-refractivity contribution in [2.75, 3.05) is 14.1 Å². The Morgan fingerprint density at radius 1 is 0.931 bits per heavy atom. The van der Waals surface area contributed by atoms with Crippen LogP contribution in [0.25, 0.3) is 0 Å². The monoisotopic (exact) mass is 457 g/mol. The van der Waals surface area contributed by atoms with E-state index in [0.29, 0.717) is 24.3 Å². The van der Waals surface area contributed by atoms with Crippen molar-refractivity contribution in [1.29, 1.82) is 0 Å². The summed E-state index contributed by atoms with van der Waals surface area (Å²) in [4.78, 5) is 13.6. The van der Waals surface area contributed by atoms with Gasteiger partial charge in [-0.05, 0) is 18.1 Å². The number of likely N-dealkylation sites (N-methyl/N-ethyl adjacent to an activating group) is 1. The van der Waals surface area contributed by atoms with Gasteiger partial charge < -0.3 is 30.9 Å². The highest BCUT2D eigenvalue weighted by atomic mass is 79.9. The largest absolute Gasteiger partial charge is 1.00 e. The molecule has 3 saturated heterocycles. The number of hydrogen-bond acceptors (Lipinski definition) is 3. The molecule has 2 aromatic carbocycles. The van der Waals surface area contributed by atoms with E-state index < -0.39 is 5.41 Å². The second-order valence-corrected chi connectivity index (χ2v) is 9.18. The van der Waals surface area contributed by atoms with Crippen LogP contribution in [0.5, 0.6) is 0 Å². The Morgan fingerprint density at radius 2 is 1.38 bits per heavy atom. The standard InChI is InChI=1S/C24H28NO3.BrH/c1-24(16-10-6-4-7-11-16,17-12-8-5-9-13-17)23(26)27-18-14-19-21-22(28-21)20(15-18)25(19,2)3;/h4-13,18-22H,14-15H2,1-3H3;1H/q+1;/p-1/t18?,19-,20+,21+,22-;. The molecule has 0 aromatic heterocycles. The SMILES string of the molecule is CC(C(=O)OC1C[C@@H]2[C@@H]3O[C@@H]3[C@H](C1)[N+]2(C)C)(c1ccccc1)c1ccccc1.[Br-]. The van der Waals surface area contributed by atoms with Crippen molar-refractivity contribution in [2.24, 2.45) is 0 Å². The van der Waals surface area contributed by atoms with Crippen LogP contribution in [0.15, 0.2) is 60.7 Å².